The van der Waals surface area contributed by atoms with Crippen molar-refractivity contribution in [3.05, 3.63) is 48.2 Å². The van der Waals surface area contributed by atoms with Crippen LogP contribution in [0.5, 0.6) is 11.6 Å². The molecule has 0 spiro atoms. The fourth-order valence-electron chi connectivity index (χ4n) is 1.80. The zero-order chi connectivity index (χ0) is 18.3. The van der Waals surface area contributed by atoms with Crippen molar-refractivity contribution in [2.24, 2.45) is 0 Å². The number of aromatic nitrogens is 1. The Balaban J connectivity index is 1.79. The Morgan fingerprint density at radius 3 is 2.44 bits per heavy atom. The van der Waals surface area contributed by atoms with Crippen LogP contribution in [0.2, 0.25) is 0 Å². The molecular formula is C16H16F3N3O3. The molecule has 0 atom stereocenters. The molecule has 2 rings (SSSR count). The largest absolute Gasteiger partial charge is 0.497 e. The lowest BCUT2D eigenvalue weighted by Gasteiger charge is -2.10. The van der Waals surface area contributed by atoms with Crippen molar-refractivity contribution in [3.63, 3.8) is 0 Å². The van der Waals surface area contributed by atoms with Crippen molar-refractivity contribution in [1.82, 2.24) is 10.3 Å². The highest BCUT2D eigenvalue weighted by Gasteiger charge is 2.28. The summed E-state index contributed by atoms with van der Waals surface area (Å²) in [6, 6.07) is 9.34. The minimum atomic E-state index is -4.43. The molecule has 2 N–H and O–H groups in total. The molecule has 1 heterocycles. The van der Waals surface area contributed by atoms with Crippen LogP contribution in [0.4, 0.5) is 23.7 Å². The lowest BCUT2D eigenvalue weighted by molar-refractivity contribution is -0.154. The van der Waals surface area contributed by atoms with Gasteiger partial charge in [-0.1, -0.05) is 12.1 Å². The van der Waals surface area contributed by atoms with Crippen molar-refractivity contribution < 1.29 is 27.4 Å². The molecule has 0 saturated heterocycles. The van der Waals surface area contributed by atoms with Gasteiger partial charge in [0.1, 0.15) is 5.75 Å². The number of nitrogens with zero attached hydrogens (tertiary/aromatic N) is 1. The zero-order valence-electron chi connectivity index (χ0n) is 13.3. The van der Waals surface area contributed by atoms with Gasteiger partial charge in [-0.05, 0) is 23.8 Å². The maximum absolute atomic E-state index is 12.0. The van der Waals surface area contributed by atoms with Gasteiger partial charge in [-0.15, -0.1) is 0 Å². The van der Waals surface area contributed by atoms with E-state index in [2.05, 4.69) is 20.4 Å². The zero-order valence-corrected chi connectivity index (χ0v) is 13.3. The summed E-state index contributed by atoms with van der Waals surface area (Å²) in [6.07, 6.45) is -3.22. The highest BCUT2D eigenvalue weighted by Crippen LogP contribution is 2.18. The molecule has 1 aromatic heterocycles. The van der Waals surface area contributed by atoms with Gasteiger partial charge in [0.25, 0.3) is 0 Å². The third-order valence-electron chi connectivity index (χ3n) is 2.99. The molecule has 134 valence electrons. The van der Waals surface area contributed by atoms with Crippen LogP contribution in [-0.2, 0) is 6.54 Å². The quantitative estimate of drug-likeness (QED) is 0.834. The van der Waals surface area contributed by atoms with Crippen LogP contribution in [0.1, 0.15) is 5.56 Å². The lowest BCUT2D eigenvalue weighted by atomic mass is 10.2. The number of nitrogens with one attached hydrogen (secondary N) is 2. The Hall–Kier alpha value is -2.97. The van der Waals surface area contributed by atoms with Crippen LogP contribution in [0, 0.1) is 0 Å². The van der Waals surface area contributed by atoms with E-state index in [1.165, 1.54) is 18.3 Å². The number of hydrogen-bond donors (Lipinski definition) is 2. The Labute approximate surface area is 142 Å². The second-order valence-electron chi connectivity index (χ2n) is 4.94. The second-order valence-corrected chi connectivity index (χ2v) is 4.94. The molecule has 0 radical (unpaired) electrons. The van der Waals surface area contributed by atoms with Crippen LogP contribution in [0.25, 0.3) is 0 Å². The molecule has 0 unspecified atom stereocenters. The van der Waals surface area contributed by atoms with Gasteiger partial charge < -0.3 is 20.1 Å². The Morgan fingerprint density at radius 1 is 1.16 bits per heavy atom. The number of halogens is 3. The van der Waals surface area contributed by atoms with Gasteiger partial charge in [0, 0.05) is 12.6 Å². The van der Waals surface area contributed by atoms with E-state index in [0.29, 0.717) is 18.0 Å². The predicted molar refractivity (Wildman–Crippen MR) is 84.6 cm³/mol. The van der Waals surface area contributed by atoms with Gasteiger partial charge in [-0.25, -0.2) is 9.78 Å². The van der Waals surface area contributed by atoms with E-state index in [4.69, 9.17) is 4.74 Å². The monoisotopic (exact) mass is 355 g/mol. The molecule has 1 aromatic carbocycles. The average molecular weight is 355 g/mol. The molecule has 2 aromatic rings. The molecule has 0 bridgehead atoms. The van der Waals surface area contributed by atoms with E-state index < -0.39 is 18.8 Å². The first-order chi connectivity index (χ1) is 11.9. The van der Waals surface area contributed by atoms with Crippen LogP contribution in [-0.4, -0.2) is 30.9 Å². The molecule has 25 heavy (non-hydrogen) atoms. The number of methoxy groups -OCH3 is 1. The SMILES string of the molecule is COc1ccc(CNC(=O)Nc2ccc(OCC(F)(F)F)nc2)cc1. The van der Waals surface area contributed by atoms with Gasteiger partial charge in [-0.2, -0.15) is 13.2 Å². The summed E-state index contributed by atoms with van der Waals surface area (Å²) in [4.78, 5) is 15.5. The molecule has 2 amide bonds. The number of ether oxygens (including phenoxy) is 2. The second kappa shape index (κ2) is 8.22. The highest BCUT2D eigenvalue weighted by atomic mass is 19.4. The van der Waals surface area contributed by atoms with Gasteiger partial charge in [0.2, 0.25) is 5.88 Å². The summed E-state index contributed by atoms with van der Waals surface area (Å²) in [7, 11) is 1.56. The Bertz CT molecular complexity index is 689. The first-order valence-corrected chi connectivity index (χ1v) is 7.19. The van der Waals surface area contributed by atoms with Crippen molar-refractivity contribution in [1.29, 1.82) is 0 Å². The van der Waals surface area contributed by atoms with E-state index in [1.807, 2.05) is 12.1 Å². The van der Waals surface area contributed by atoms with Crippen molar-refractivity contribution >= 4 is 11.7 Å². The van der Waals surface area contributed by atoms with Crippen LogP contribution >= 0.6 is 0 Å². The summed E-state index contributed by atoms with van der Waals surface area (Å²) in [6.45, 7) is -1.12. The van der Waals surface area contributed by atoms with Crippen LogP contribution < -0.4 is 20.1 Å². The average Bonchev–Trinajstić information content (AvgIpc) is 2.59. The third-order valence-corrected chi connectivity index (χ3v) is 2.99. The van der Waals surface area contributed by atoms with Gasteiger partial charge in [0.15, 0.2) is 6.61 Å². The van der Waals surface area contributed by atoms with E-state index >= 15 is 0 Å². The van der Waals surface area contributed by atoms with Gasteiger partial charge in [-0.3, -0.25) is 0 Å². The van der Waals surface area contributed by atoms with E-state index in [1.54, 1.807) is 19.2 Å². The Kier molecular flexibility index (Phi) is 6.04. The number of amides is 2. The number of carbonyl (C=O) groups is 1. The molecular weight excluding hydrogens is 339 g/mol. The maximum Gasteiger partial charge on any atom is 0.422 e. The molecule has 0 aliphatic heterocycles. The molecule has 0 fully saturated rings. The van der Waals surface area contributed by atoms with Gasteiger partial charge >= 0.3 is 12.2 Å². The molecule has 0 aliphatic rings. The summed E-state index contributed by atoms with van der Waals surface area (Å²) < 4.78 is 45.6. The topological polar surface area (TPSA) is 72.5 Å². The molecule has 6 nitrogen and oxygen atoms in total. The highest BCUT2D eigenvalue weighted by molar-refractivity contribution is 5.88. The van der Waals surface area contributed by atoms with Crippen molar-refractivity contribution in [3.8, 4) is 11.6 Å². The number of benzene rings is 1. The maximum atomic E-state index is 12.0. The third kappa shape index (κ3) is 6.58. The number of carbonyl (C=O) groups excluding carboxylic acids is 1. The number of alkyl halides is 3. The summed E-state index contributed by atoms with van der Waals surface area (Å²) >= 11 is 0. The number of anilines is 1. The first kappa shape index (κ1) is 18.4. The molecule has 0 aliphatic carbocycles. The number of rotatable bonds is 6. The Morgan fingerprint density at radius 2 is 1.88 bits per heavy atom. The summed E-state index contributed by atoms with van der Waals surface area (Å²) in [5.41, 5.74) is 1.21. The number of hydrogen-bond acceptors (Lipinski definition) is 4. The normalized spacial score (nSPS) is 10.9. The number of urea groups is 1. The number of pyridine rings is 1. The van der Waals surface area contributed by atoms with Crippen LogP contribution in [0.15, 0.2) is 42.6 Å². The van der Waals surface area contributed by atoms with Crippen molar-refractivity contribution in [2.75, 3.05) is 19.0 Å². The van der Waals surface area contributed by atoms with Gasteiger partial charge in [0.05, 0.1) is 19.0 Å². The van der Waals surface area contributed by atoms with Crippen LogP contribution in [0.3, 0.4) is 0 Å². The lowest BCUT2D eigenvalue weighted by Crippen LogP contribution is -2.28. The summed E-state index contributed by atoms with van der Waals surface area (Å²) in [5, 5.41) is 5.17. The summed E-state index contributed by atoms with van der Waals surface area (Å²) in [5.74, 6) is 0.536. The minimum Gasteiger partial charge on any atom is -0.497 e. The molecule has 0 saturated carbocycles. The molecule has 9 heteroatoms. The predicted octanol–water partition coefficient (Wildman–Crippen LogP) is 3.35. The smallest absolute Gasteiger partial charge is 0.422 e. The first-order valence-electron chi connectivity index (χ1n) is 7.19. The standard InChI is InChI=1S/C16H16F3N3O3/c1-24-13-5-2-11(3-6-13)8-21-15(23)22-12-4-7-14(20-9-12)25-10-16(17,18)19/h2-7,9H,8,10H2,1H3,(H2,21,22,23). The van der Waals surface area contributed by atoms with E-state index in [-0.39, 0.29) is 5.88 Å². The van der Waals surface area contributed by atoms with E-state index in [9.17, 15) is 18.0 Å². The van der Waals surface area contributed by atoms with E-state index in [0.717, 1.165) is 5.56 Å². The fourth-order valence-corrected chi connectivity index (χ4v) is 1.80. The van der Waals surface area contributed by atoms with Crippen molar-refractivity contribution in [2.45, 2.75) is 12.7 Å². The fraction of sp³-hybridized carbons (Fsp3) is 0.250. The minimum absolute atomic E-state index is 0.179.